The molecule has 1 heterocycles. The maximum Gasteiger partial charge on any atom is 0.261 e. The van der Waals surface area contributed by atoms with Gasteiger partial charge in [0.1, 0.15) is 0 Å². The summed E-state index contributed by atoms with van der Waals surface area (Å²) in [6.07, 6.45) is 5.31. The van der Waals surface area contributed by atoms with Crippen molar-refractivity contribution in [2.24, 2.45) is 5.92 Å². The summed E-state index contributed by atoms with van der Waals surface area (Å²) < 4.78 is 29.8. The van der Waals surface area contributed by atoms with E-state index >= 15 is 0 Å². The first-order valence-corrected chi connectivity index (χ1v) is 13.2. The summed E-state index contributed by atoms with van der Waals surface area (Å²) in [4.78, 5) is 0.190. The zero-order valence-electron chi connectivity index (χ0n) is 16.7. The van der Waals surface area contributed by atoms with Crippen molar-refractivity contribution in [2.75, 3.05) is 10.0 Å². The third kappa shape index (κ3) is 3.94. The van der Waals surface area contributed by atoms with Gasteiger partial charge in [0.25, 0.3) is 10.0 Å². The third-order valence-corrected chi connectivity index (χ3v) is 8.78. The smallest absolute Gasteiger partial charge is 0.261 e. The second-order valence-corrected chi connectivity index (χ2v) is 11.4. The van der Waals surface area contributed by atoms with Crippen LogP contribution in [0.25, 0.3) is 0 Å². The maximum absolute atomic E-state index is 13.1. The Bertz CT molecular complexity index is 1330. The predicted molar refractivity (Wildman–Crippen MR) is 134 cm³/mol. The lowest BCUT2D eigenvalue weighted by molar-refractivity contribution is 0.425. The van der Waals surface area contributed by atoms with Crippen LogP contribution in [0.1, 0.15) is 29.5 Å². The fraction of sp³-hybridized carbons (Fsp3) is 0.167. The highest BCUT2D eigenvalue weighted by Crippen LogP contribution is 2.50. The van der Waals surface area contributed by atoms with E-state index in [2.05, 4.69) is 50.3 Å². The number of hydrogen-bond acceptors (Lipinski definition) is 3. The van der Waals surface area contributed by atoms with Crippen molar-refractivity contribution >= 4 is 60.5 Å². The van der Waals surface area contributed by atoms with E-state index in [1.165, 1.54) is 5.56 Å². The quantitative estimate of drug-likeness (QED) is 0.334. The fourth-order valence-electron chi connectivity index (χ4n) is 4.53. The number of hydrogen-bond donors (Lipinski definition) is 2. The van der Waals surface area contributed by atoms with Gasteiger partial charge in [0.15, 0.2) is 0 Å². The minimum atomic E-state index is -3.84. The van der Waals surface area contributed by atoms with Gasteiger partial charge in [0.05, 0.1) is 26.7 Å². The van der Waals surface area contributed by atoms with Gasteiger partial charge in [-0.3, -0.25) is 4.72 Å². The van der Waals surface area contributed by atoms with Crippen LogP contribution in [0.15, 0.2) is 82.2 Å². The van der Waals surface area contributed by atoms with Gasteiger partial charge in [-0.05, 0) is 65.9 Å². The van der Waals surface area contributed by atoms with Crippen molar-refractivity contribution in [3.63, 3.8) is 0 Å². The Morgan fingerprint density at radius 2 is 1.81 bits per heavy atom. The molecule has 5 rings (SSSR count). The van der Waals surface area contributed by atoms with E-state index in [0.717, 1.165) is 22.1 Å². The van der Waals surface area contributed by atoms with Gasteiger partial charge in [-0.15, -0.1) is 0 Å². The van der Waals surface area contributed by atoms with E-state index in [0.29, 0.717) is 10.9 Å². The zero-order chi connectivity index (χ0) is 22.5. The zero-order valence-corrected chi connectivity index (χ0v) is 20.6. The van der Waals surface area contributed by atoms with Gasteiger partial charge in [0.2, 0.25) is 0 Å². The first-order valence-electron chi connectivity index (χ1n) is 10.1. The summed E-state index contributed by atoms with van der Waals surface area (Å²) >= 11 is 15.7. The molecule has 4 nitrogen and oxygen atoms in total. The third-order valence-electron chi connectivity index (χ3n) is 6.07. The molecule has 1 aliphatic carbocycles. The molecule has 0 amide bonds. The molecule has 0 saturated carbocycles. The molecule has 2 unspecified atom stereocenters. The molecule has 164 valence electrons. The average Bonchev–Trinajstić information content (AvgIpc) is 3.27. The van der Waals surface area contributed by atoms with Crippen LogP contribution in [0.3, 0.4) is 0 Å². The van der Waals surface area contributed by atoms with Gasteiger partial charge in [0, 0.05) is 16.1 Å². The summed E-state index contributed by atoms with van der Waals surface area (Å²) in [5.41, 5.74) is 3.40. The van der Waals surface area contributed by atoms with Crippen LogP contribution in [0.5, 0.6) is 0 Å². The Morgan fingerprint density at radius 1 is 1.03 bits per heavy atom. The van der Waals surface area contributed by atoms with E-state index in [-0.39, 0.29) is 27.6 Å². The first kappa shape index (κ1) is 21.8. The van der Waals surface area contributed by atoms with Crippen LogP contribution in [0.4, 0.5) is 11.4 Å². The second-order valence-electron chi connectivity index (χ2n) is 7.98. The molecular formula is C24H19BrCl2N2O2S. The number of halogens is 3. The Labute approximate surface area is 205 Å². The van der Waals surface area contributed by atoms with Gasteiger partial charge in [-0.1, -0.05) is 69.5 Å². The molecule has 8 heteroatoms. The molecule has 0 saturated heterocycles. The minimum absolute atomic E-state index is 0.143. The first-order chi connectivity index (χ1) is 15.3. The van der Waals surface area contributed by atoms with Gasteiger partial charge >= 0.3 is 0 Å². The SMILES string of the molecule is O=S(=O)(Nc1cccc(Cl)c1Cl)c1ccc2c(c1)C1C=CCC1[C@@H](c1ccc(Br)cc1)N2. The molecule has 1 aliphatic heterocycles. The number of rotatable bonds is 4. The lowest BCUT2D eigenvalue weighted by atomic mass is 9.77. The Morgan fingerprint density at radius 3 is 2.59 bits per heavy atom. The lowest BCUT2D eigenvalue weighted by Gasteiger charge is -2.37. The van der Waals surface area contributed by atoms with Crippen LogP contribution in [0, 0.1) is 5.92 Å². The van der Waals surface area contributed by atoms with Crippen molar-refractivity contribution in [2.45, 2.75) is 23.3 Å². The van der Waals surface area contributed by atoms with E-state index in [9.17, 15) is 8.42 Å². The molecule has 0 radical (unpaired) electrons. The maximum atomic E-state index is 13.1. The number of benzene rings is 3. The van der Waals surface area contributed by atoms with E-state index in [1.54, 1.807) is 30.3 Å². The van der Waals surface area contributed by atoms with Crippen molar-refractivity contribution in [1.29, 1.82) is 0 Å². The predicted octanol–water partition coefficient (Wildman–Crippen LogP) is 7.38. The van der Waals surface area contributed by atoms with Crippen LogP contribution < -0.4 is 10.0 Å². The molecule has 0 aromatic heterocycles. The lowest BCUT2D eigenvalue weighted by Crippen LogP contribution is -2.29. The van der Waals surface area contributed by atoms with Crippen molar-refractivity contribution < 1.29 is 8.42 Å². The molecule has 0 bridgehead atoms. The van der Waals surface area contributed by atoms with Gasteiger partial charge < -0.3 is 5.32 Å². The van der Waals surface area contributed by atoms with Crippen molar-refractivity contribution in [3.05, 3.63) is 98.5 Å². The highest BCUT2D eigenvalue weighted by Gasteiger charge is 2.38. The largest absolute Gasteiger partial charge is 0.378 e. The normalized spacial score (nSPS) is 21.5. The standard InChI is InChI=1S/C24H19BrCl2N2O2S/c25-15-9-7-14(8-10-15)24-18-4-1-3-17(18)19-13-16(11-12-21(19)28-24)32(30,31)29-22-6-2-5-20(26)23(22)27/h1-3,5-13,17-18,24,28-29H,4H2/t17?,18?,24-/m1/s1. The average molecular weight is 550 g/mol. The number of fused-ring (bicyclic) bond motifs is 3. The minimum Gasteiger partial charge on any atom is -0.378 e. The van der Waals surface area contributed by atoms with Gasteiger partial charge in [-0.25, -0.2) is 8.42 Å². The van der Waals surface area contributed by atoms with Crippen LogP contribution in [-0.4, -0.2) is 8.42 Å². The number of anilines is 2. The molecule has 3 aromatic carbocycles. The van der Waals surface area contributed by atoms with Crippen LogP contribution in [-0.2, 0) is 10.0 Å². The highest BCUT2D eigenvalue weighted by atomic mass is 79.9. The monoisotopic (exact) mass is 548 g/mol. The van der Waals surface area contributed by atoms with Crippen molar-refractivity contribution in [1.82, 2.24) is 0 Å². The summed E-state index contributed by atoms with van der Waals surface area (Å²) in [5, 5.41) is 4.11. The van der Waals surface area contributed by atoms with E-state index in [1.807, 2.05) is 18.2 Å². The Balaban J connectivity index is 1.49. The molecular weight excluding hydrogens is 531 g/mol. The highest BCUT2D eigenvalue weighted by molar-refractivity contribution is 9.10. The second kappa shape index (κ2) is 8.41. The molecule has 0 fully saturated rings. The summed E-state index contributed by atoms with van der Waals surface area (Å²) in [7, 11) is -3.84. The Kier molecular flexibility index (Phi) is 5.74. The summed E-state index contributed by atoms with van der Waals surface area (Å²) in [6, 6.07) is 18.6. The van der Waals surface area contributed by atoms with Gasteiger partial charge in [-0.2, -0.15) is 0 Å². The summed E-state index contributed by atoms with van der Waals surface area (Å²) in [6.45, 7) is 0. The number of sulfonamides is 1. The van der Waals surface area contributed by atoms with Crippen molar-refractivity contribution in [3.8, 4) is 0 Å². The van der Waals surface area contributed by atoms with Crippen LogP contribution >= 0.6 is 39.1 Å². The molecule has 0 spiro atoms. The topological polar surface area (TPSA) is 58.2 Å². The fourth-order valence-corrected chi connectivity index (χ4v) is 6.30. The summed E-state index contributed by atoms with van der Waals surface area (Å²) in [5.74, 6) is 0.460. The number of allylic oxidation sites excluding steroid dienone is 2. The molecule has 3 atom stereocenters. The van der Waals surface area contributed by atoms with Crippen LogP contribution in [0.2, 0.25) is 10.0 Å². The van der Waals surface area contributed by atoms with E-state index in [4.69, 9.17) is 23.2 Å². The van der Waals surface area contributed by atoms with E-state index < -0.39 is 10.0 Å². The Hall–Kier alpha value is -1.99. The molecule has 32 heavy (non-hydrogen) atoms. The molecule has 2 aliphatic rings. The number of nitrogens with one attached hydrogen (secondary N) is 2. The molecule has 3 aromatic rings. The molecule has 2 N–H and O–H groups in total.